The Morgan fingerprint density at radius 2 is 2.06 bits per heavy atom. The molecule has 0 radical (unpaired) electrons. The Morgan fingerprint density at radius 1 is 1.35 bits per heavy atom. The van der Waals surface area contributed by atoms with E-state index in [4.69, 9.17) is 4.74 Å². The van der Waals surface area contributed by atoms with Crippen LogP contribution in [0.2, 0.25) is 0 Å². The van der Waals surface area contributed by atoms with Gasteiger partial charge >= 0.3 is 0 Å². The van der Waals surface area contributed by atoms with E-state index < -0.39 is 0 Å². The fourth-order valence-corrected chi connectivity index (χ4v) is 2.46. The van der Waals surface area contributed by atoms with Crippen LogP contribution in [0, 0.1) is 5.92 Å². The van der Waals surface area contributed by atoms with Crippen molar-refractivity contribution < 1.29 is 9.84 Å². The summed E-state index contributed by atoms with van der Waals surface area (Å²) < 4.78 is 5.39. The van der Waals surface area contributed by atoms with Gasteiger partial charge in [-0.3, -0.25) is 0 Å². The van der Waals surface area contributed by atoms with Gasteiger partial charge in [0.15, 0.2) is 0 Å². The summed E-state index contributed by atoms with van der Waals surface area (Å²) >= 11 is 0. The topological polar surface area (TPSA) is 29.5 Å². The van der Waals surface area contributed by atoms with Crippen LogP contribution in [0.25, 0.3) is 0 Å². The minimum Gasteiger partial charge on any atom is -0.496 e. The summed E-state index contributed by atoms with van der Waals surface area (Å²) in [5.41, 5.74) is 2.50. The van der Waals surface area contributed by atoms with Crippen LogP contribution in [-0.4, -0.2) is 18.8 Å². The summed E-state index contributed by atoms with van der Waals surface area (Å²) in [4.78, 5) is 0. The number of hydrogen-bond donors (Lipinski definition) is 1. The van der Waals surface area contributed by atoms with Gasteiger partial charge in [0, 0.05) is 5.92 Å². The summed E-state index contributed by atoms with van der Waals surface area (Å²) in [5, 5.41) is 9.51. The van der Waals surface area contributed by atoms with Gasteiger partial charge in [-0.05, 0) is 41.9 Å². The van der Waals surface area contributed by atoms with Crippen molar-refractivity contribution >= 4 is 0 Å². The quantitative estimate of drug-likeness (QED) is 0.847. The zero-order valence-electron chi connectivity index (χ0n) is 10.9. The Labute approximate surface area is 104 Å². The van der Waals surface area contributed by atoms with Crippen LogP contribution in [0.4, 0.5) is 0 Å². The SMILES string of the molecule is COc1ccc(C(CO)C2CC2)cc1C(C)C. The summed E-state index contributed by atoms with van der Waals surface area (Å²) in [7, 11) is 1.71. The number of aliphatic hydroxyl groups excluding tert-OH is 1. The zero-order valence-corrected chi connectivity index (χ0v) is 10.9. The molecule has 2 heteroatoms. The molecule has 2 nitrogen and oxygen atoms in total. The molecule has 1 aromatic rings. The maximum Gasteiger partial charge on any atom is 0.122 e. The van der Waals surface area contributed by atoms with E-state index >= 15 is 0 Å². The molecule has 0 saturated heterocycles. The van der Waals surface area contributed by atoms with Crippen LogP contribution < -0.4 is 4.74 Å². The monoisotopic (exact) mass is 234 g/mol. The number of aliphatic hydroxyl groups is 1. The fourth-order valence-electron chi connectivity index (χ4n) is 2.46. The van der Waals surface area contributed by atoms with Crippen molar-refractivity contribution in [1.82, 2.24) is 0 Å². The maximum atomic E-state index is 9.51. The fraction of sp³-hybridized carbons (Fsp3) is 0.600. The minimum absolute atomic E-state index is 0.258. The van der Waals surface area contributed by atoms with E-state index in [1.165, 1.54) is 24.0 Å². The Hall–Kier alpha value is -1.02. The van der Waals surface area contributed by atoms with Gasteiger partial charge in [0.05, 0.1) is 13.7 Å². The van der Waals surface area contributed by atoms with E-state index in [0.29, 0.717) is 17.8 Å². The van der Waals surface area contributed by atoms with E-state index in [0.717, 1.165) is 5.75 Å². The van der Waals surface area contributed by atoms with Gasteiger partial charge in [0.1, 0.15) is 5.75 Å². The molecule has 0 amide bonds. The molecule has 2 rings (SSSR count). The third kappa shape index (κ3) is 2.63. The first kappa shape index (κ1) is 12.4. The average molecular weight is 234 g/mol. The minimum atomic E-state index is 0.258. The number of ether oxygens (including phenoxy) is 1. The van der Waals surface area contributed by atoms with Gasteiger partial charge in [-0.1, -0.05) is 26.0 Å². The Kier molecular flexibility index (Phi) is 3.72. The predicted octanol–water partition coefficient (Wildman–Crippen LogP) is 3.30. The third-order valence-electron chi connectivity index (χ3n) is 3.69. The van der Waals surface area contributed by atoms with Crippen molar-refractivity contribution in [3.63, 3.8) is 0 Å². The van der Waals surface area contributed by atoms with Crippen molar-refractivity contribution in [1.29, 1.82) is 0 Å². The van der Waals surface area contributed by atoms with E-state index in [1.807, 2.05) is 6.07 Å². The van der Waals surface area contributed by atoms with Gasteiger partial charge in [0.25, 0.3) is 0 Å². The first-order valence-corrected chi connectivity index (χ1v) is 6.46. The molecule has 1 aliphatic rings. The van der Waals surface area contributed by atoms with Gasteiger partial charge in [-0.2, -0.15) is 0 Å². The first-order valence-electron chi connectivity index (χ1n) is 6.46. The molecular weight excluding hydrogens is 212 g/mol. The normalized spacial score (nSPS) is 17.2. The van der Waals surface area contributed by atoms with Crippen molar-refractivity contribution in [3.8, 4) is 5.75 Å². The lowest BCUT2D eigenvalue weighted by Gasteiger charge is -2.18. The Bertz CT molecular complexity index is 381. The predicted molar refractivity (Wildman–Crippen MR) is 69.6 cm³/mol. The largest absolute Gasteiger partial charge is 0.496 e. The number of methoxy groups -OCH3 is 1. The maximum absolute atomic E-state index is 9.51. The summed E-state index contributed by atoms with van der Waals surface area (Å²) in [5.74, 6) is 2.41. The molecule has 0 heterocycles. The van der Waals surface area contributed by atoms with Crippen LogP contribution in [-0.2, 0) is 0 Å². The average Bonchev–Trinajstić information content (AvgIpc) is 3.14. The van der Waals surface area contributed by atoms with Crippen LogP contribution in [0.15, 0.2) is 18.2 Å². The van der Waals surface area contributed by atoms with Gasteiger partial charge < -0.3 is 9.84 Å². The lowest BCUT2D eigenvalue weighted by atomic mass is 9.90. The first-order chi connectivity index (χ1) is 8.17. The highest BCUT2D eigenvalue weighted by atomic mass is 16.5. The molecule has 1 aromatic carbocycles. The van der Waals surface area contributed by atoms with E-state index in [2.05, 4.69) is 26.0 Å². The highest BCUT2D eigenvalue weighted by Crippen LogP contribution is 2.43. The standard InChI is InChI=1S/C15H22O2/c1-10(2)13-8-12(6-7-15(13)17-3)14(9-16)11-4-5-11/h6-8,10-11,14,16H,4-5,9H2,1-3H3. The molecule has 0 aromatic heterocycles. The second-order valence-electron chi connectivity index (χ2n) is 5.28. The van der Waals surface area contributed by atoms with Gasteiger partial charge in [-0.25, -0.2) is 0 Å². The molecule has 1 N–H and O–H groups in total. The summed E-state index contributed by atoms with van der Waals surface area (Å²) in [6.45, 7) is 4.61. The molecule has 1 unspecified atom stereocenters. The van der Waals surface area contributed by atoms with Crippen LogP contribution >= 0.6 is 0 Å². The second-order valence-corrected chi connectivity index (χ2v) is 5.28. The van der Waals surface area contributed by atoms with Gasteiger partial charge in [-0.15, -0.1) is 0 Å². The van der Waals surface area contributed by atoms with Crippen molar-refractivity contribution in [2.24, 2.45) is 5.92 Å². The van der Waals surface area contributed by atoms with Crippen LogP contribution in [0.1, 0.15) is 49.7 Å². The summed E-state index contributed by atoms with van der Waals surface area (Å²) in [6.07, 6.45) is 2.52. The molecule has 0 aliphatic heterocycles. The van der Waals surface area contributed by atoms with Crippen molar-refractivity contribution in [3.05, 3.63) is 29.3 Å². The van der Waals surface area contributed by atoms with Crippen molar-refractivity contribution in [2.75, 3.05) is 13.7 Å². The van der Waals surface area contributed by atoms with Crippen molar-refractivity contribution in [2.45, 2.75) is 38.5 Å². The number of hydrogen-bond acceptors (Lipinski definition) is 2. The molecule has 1 atom stereocenters. The van der Waals surface area contributed by atoms with E-state index in [1.54, 1.807) is 7.11 Å². The smallest absolute Gasteiger partial charge is 0.122 e. The molecule has 0 spiro atoms. The Balaban J connectivity index is 2.31. The molecule has 94 valence electrons. The highest BCUT2D eigenvalue weighted by Gasteiger charge is 2.32. The lowest BCUT2D eigenvalue weighted by molar-refractivity contribution is 0.253. The third-order valence-corrected chi connectivity index (χ3v) is 3.69. The molecule has 0 bridgehead atoms. The van der Waals surface area contributed by atoms with E-state index in [-0.39, 0.29) is 6.61 Å². The molecule has 1 aliphatic carbocycles. The Morgan fingerprint density at radius 3 is 2.53 bits per heavy atom. The lowest BCUT2D eigenvalue weighted by Crippen LogP contribution is -2.07. The van der Waals surface area contributed by atoms with Gasteiger partial charge in [0.2, 0.25) is 0 Å². The van der Waals surface area contributed by atoms with Crippen LogP contribution in [0.5, 0.6) is 5.75 Å². The number of benzene rings is 1. The molecular formula is C15H22O2. The molecule has 17 heavy (non-hydrogen) atoms. The highest BCUT2D eigenvalue weighted by molar-refractivity contribution is 5.41. The van der Waals surface area contributed by atoms with Crippen LogP contribution in [0.3, 0.4) is 0 Å². The second kappa shape index (κ2) is 5.09. The zero-order chi connectivity index (χ0) is 12.4. The number of rotatable bonds is 5. The molecule has 1 saturated carbocycles. The summed E-state index contributed by atoms with van der Waals surface area (Å²) in [6, 6.07) is 6.35. The molecule has 1 fully saturated rings. The van der Waals surface area contributed by atoms with E-state index in [9.17, 15) is 5.11 Å².